The largest absolute Gasteiger partial charge is 0.483 e. The summed E-state index contributed by atoms with van der Waals surface area (Å²) in [6, 6.07) is 2.92. The fourth-order valence-corrected chi connectivity index (χ4v) is 4.54. The van der Waals surface area contributed by atoms with E-state index in [-0.39, 0.29) is 18.3 Å². The molecule has 130 valence electrons. The summed E-state index contributed by atoms with van der Waals surface area (Å²) in [5.41, 5.74) is 0.778. The van der Waals surface area contributed by atoms with E-state index in [0.717, 1.165) is 30.7 Å². The molecule has 0 spiro atoms. The highest BCUT2D eigenvalue weighted by Crippen LogP contribution is 2.48. The average molecular weight is 332 g/mol. The molecular formula is C21H26F2O. The van der Waals surface area contributed by atoms with E-state index in [0.29, 0.717) is 11.8 Å². The van der Waals surface area contributed by atoms with Gasteiger partial charge in [-0.3, -0.25) is 0 Å². The topological polar surface area (TPSA) is 9.23 Å². The lowest BCUT2D eigenvalue weighted by Crippen LogP contribution is -2.30. The van der Waals surface area contributed by atoms with E-state index in [1.807, 2.05) is 0 Å². The Morgan fingerprint density at radius 1 is 1.00 bits per heavy atom. The van der Waals surface area contributed by atoms with Gasteiger partial charge in [-0.1, -0.05) is 18.7 Å². The number of rotatable bonds is 5. The van der Waals surface area contributed by atoms with Crippen molar-refractivity contribution in [3.63, 3.8) is 0 Å². The summed E-state index contributed by atoms with van der Waals surface area (Å²) in [7, 11) is 0. The van der Waals surface area contributed by atoms with Crippen LogP contribution < -0.4 is 4.74 Å². The number of allylic oxidation sites excluding steroid dienone is 1. The van der Waals surface area contributed by atoms with E-state index in [2.05, 4.69) is 19.2 Å². The first-order chi connectivity index (χ1) is 11.6. The van der Waals surface area contributed by atoms with Crippen LogP contribution in [0.15, 0.2) is 37.4 Å². The number of ether oxygens (including phenoxy) is 1. The van der Waals surface area contributed by atoms with E-state index in [4.69, 9.17) is 4.74 Å². The van der Waals surface area contributed by atoms with Gasteiger partial charge in [0.1, 0.15) is 6.61 Å². The third kappa shape index (κ3) is 3.55. The maximum absolute atomic E-state index is 14.2. The molecule has 0 radical (unpaired) electrons. The van der Waals surface area contributed by atoms with Crippen LogP contribution in [0.3, 0.4) is 0 Å². The maximum atomic E-state index is 14.2. The second kappa shape index (κ2) is 7.50. The molecular weight excluding hydrogens is 306 g/mol. The van der Waals surface area contributed by atoms with Gasteiger partial charge in [-0.05, 0) is 79.9 Å². The van der Waals surface area contributed by atoms with Gasteiger partial charge in [0.05, 0.1) is 0 Å². The minimum atomic E-state index is -0.607. The highest BCUT2D eigenvalue weighted by Gasteiger charge is 2.35. The molecule has 4 atom stereocenters. The van der Waals surface area contributed by atoms with Crippen LogP contribution in [-0.4, -0.2) is 6.61 Å². The Morgan fingerprint density at radius 3 is 2.33 bits per heavy atom. The van der Waals surface area contributed by atoms with Crippen molar-refractivity contribution < 1.29 is 13.5 Å². The Labute approximate surface area is 143 Å². The van der Waals surface area contributed by atoms with Crippen LogP contribution in [-0.2, 0) is 0 Å². The highest BCUT2D eigenvalue weighted by atomic mass is 19.1. The Bertz CT molecular complexity index is 587. The Morgan fingerprint density at radius 2 is 1.67 bits per heavy atom. The van der Waals surface area contributed by atoms with Gasteiger partial charge in [-0.15, -0.1) is 6.58 Å². The second-order valence-corrected chi connectivity index (χ2v) is 7.25. The lowest BCUT2D eigenvalue weighted by atomic mass is 9.64. The van der Waals surface area contributed by atoms with Gasteiger partial charge in [0.2, 0.25) is 0 Å². The second-order valence-electron chi connectivity index (χ2n) is 7.25. The summed E-state index contributed by atoms with van der Waals surface area (Å²) in [4.78, 5) is 0. The molecule has 0 aliphatic heterocycles. The van der Waals surface area contributed by atoms with Gasteiger partial charge in [0, 0.05) is 0 Å². The smallest absolute Gasteiger partial charge is 0.191 e. The summed E-state index contributed by atoms with van der Waals surface area (Å²) in [5, 5.41) is 0. The zero-order valence-corrected chi connectivity index (χ0v) is 14.1. The SMILES string of the molecule is C=CCOc1c(F)cc(C2CCC3CC(C=C)CCC3C2)cc1F. The minimum absolute atomic E-state index is 0.102. The van der Waals surface area contributed by atoms with Crippen molar-refractivity contribution in [1.29, 1.82) is 0 Å². The number of hydrogen-bond donors (Lipinski definition) is 0. The van der Waals surface area contributed by atoms with Crippen molar-refractivity contribution in [2.45, 2.75) is 44.4 Å². The molecule has 0 amide bonds. The van der Waals surface area contributed by atoms with Crippen LogP contribution in [0, 0.1) is 29.4 Å². The molecule has 24 heavy (non-hydrogen) atoms. The van der Waals surface area contributed by atoms with Gasteiger partial charge in [-0.2, -0.15) is 0 Å². The quantitative estimate of drug-likeness (QED) is 0.599. The molecule has 1 aromatic carbocycles. The third-order valence-corrected chi connectivity index (χ3v) is 5.82. The molecule has 0 heterocycles. The molecule has 4 unspecified atom stereocenters. The zero-order chi connectivity index (χ0) is 17.1. The van der Waals surface area contributed by atoms with Crippen molar-refractivity contribution in [1.82, 2.24) is 0 Å². The number of fused-ring (bicyclic) bond motifs is 1. The molecule has 2 aliphatic carbocycles. The Kier molecular flexibility index (Phi) is 5.37. The first-order valence-electron chi connectivity index (χ1n) is 8.97. The van der Waals surface area contributed by atoms with E-state index >= 15 is 0 Å². The summed E-state index contributed by atoms with van der Waals surface area (Å²) < 4.78 is 33.5. The molecule has 0 N–H and O–H groups in total. The van der Waals surface area contributed by atoms with Crippen molar-refractivity contribution in [2.24, 2.45) is 17.8 Å². The lowest BCUT2D eigenvalue weighted by molar-refractivity contribution is 0.133. The first-order valence-corrected chi connectivity index (χ1v) is 8.97. The third-order valence-electron chi connectivity index (χ3n) is 5.82. The predicted octanol–water partition coefficient (Wildman–Crippen LogP) is 6.02. The summed E-state index contributed by atoms with van der Waals surface area (Å²) >= 11 is 0. The average Bonchev–Trinajstić information content (AvgIpc) is 2.60. The van der Waals surface area contributed by atoms with Gasteiger partial charge in [0.15, 0.2) is 17.4 Å². The lowest BCUT2D eigenvalue weighted by Gasteiger charge is -2.41. The monoisotopic (exact) mass is 332 g/mol. The van der Waals surface area contributed by atoms with Gasteiger partial charge in [-0.25, -0.2) is 8.78 Å². The Hall–Kier alpha value is -1.64. The van der Waals surface area contributed by atoms with Crippen LogP contribution in [0.4, 0.5) is 8.78 Å². The summed E-state index contributed by atoms with van der Waals surface area (Å²) in [5.74, 6) is 0.834. The maximum Gasteiger partial charge on any atom is 0.191 e. The fourth-order valence-electron chi connectivity index (χ4n) is 4.54. The molecule has 3 heteroatoms. The number of hydrogen-bond acceptors (Lipinski definition) is 1. The zero-order valence-electron chi connectivity index (χ0n) is 14.1. The van der Waals surface area contributed by atoms with Gasteiger partial charge in [0.25, 0.3) is 0 Å². The fraction of sp³-hybridized carbons (Fsp3) is 0.524. The molecule has 0 bridgehead atoms. The van der Waals surface area contributed by atoms with Crippen LogP contribution in [0.1, 0.15) is 50.0 Å². The Balaban J connectivity index is 1.71. The van der Waals surface area contributed by atoms with E-state index < -0.39 is 11.6 Å². The molecule has 2 aliphatic rings. The minimum Gasteiger partial charge on any atom is -0.483 e. The van der Waals surface area contributed by atoms with Gasteiger partial charge < -0.3 is 4.74 Å². The molecule has 2 fully saturated rings. The van der Waals surface area contributed by atoms with Crippen molar-refractivity contribution in [2.75, 3.05) is 6.61 Å². The number of benzene rings is 1. The highest BCUT2D eigenvalue weighted by molar-refractivity contribution is 5.33. The van der Waals surface area contributed by atoms with Crippen LogP contribution >= 0.6 is 0 Å². The van der Waals surface area contributed by atoms with Crippen LogP contribution in [0.25, 0.3) is 0 Å². The molecule has 1 aromatic rings. The molecule has 3 rings (SSSR count). The van der Waals surface area contributed by atoms with Crippen molar-refractivity contribution in [3.8, 4) is 5.75 Å². The summed E-state index contributed by atoms with van der Waals surface area (Å²) in [6.07, 6.45) is 10.4. The standard InChI is InChI=1S/C21H26F2O/c1-3-9-24-21-19(22)12-18(13-20(21)23)17-8-7-15-10-14(4-2)5-6-16(15)11-17/h3-4,12-17H,1-2,5-11H2. The predicted molar refractivity (Wildman–Crippen MR) is 93.2 cm³/mol. The van der Waals surface area contributed by atoms with E-state index in [1.165, 1.54) is 37.5 Å². The van der Waals surface area contributed by atoms with Crippen molar-refractivity contribution >= 4 is 0 Å². The first kappa shape index (κ1) is 17.2. The van der Waals surface area contributed by atoms with Gasteiger partial charge >= 0.3 is 0 Å². The molecule has 1 nitrogen and oxygen atoms in total. The summed E-state index contributed by atoms with van der Waals surface area (Å²) in [6.45, 7) is 7.53. The van der Waals surface area contributed by atoms with Crippen LogP contribution in [0.5, 0.6) is 5.75 Å². The molecule has 2 saturated carbocycles. The number of halogens is 2. The van der Waals surface area contributed by atoms with Crippen molar-refractivity contribution in [3.05, 3.63) is 54.6 Å². The molecule has 0 aromatic heterocycles. The van der Waals surface area contributed by atoms with E-state index in [1.54, 1.807) is 0 Å². The van der Waals surface area contributed by atoms with Crippen LogP contribution in [0.2, 0.25) is 0 Å². The molecule has 0 saturated heterocycles. The normalized spacial score (nSPS) is 29.6. The van der Waals surface area contributed by atoms with E-state index in [9.17, 15) is 8.78 Å².